The van der Waals surface area contributed by atoms with Gasteiger partial charge in [0, 0.05) is 11.9 Å². The van der Waals surface area contributed by atoms with Crippen LogP contribution in [0.3, 0.4) is 0 Å². The van der Waals surface area contributed by atoms with E-state index in [0.717, 1.165) is 28.5 Å². The monoisotopic (exact) mass is 349 g/mol. The molecule has 3 aromatic rings. The Balaban J connectivity index is 2.06. The first kappa shape index (κ1) is 17.9. The smallest absolute Gasteiger partial charge is 0.335 e. The van der Waals surface area contributed by atoms with Crippen molar-refractivity contribution >= 4 is 5.97 Å². The second-order valence-corrected chi connectivity index (χ2v) is 6.95. The lowest BCUT2D eigenvalue weighted by Crippen LogP contribution is -2.07. The van der Waals surface area contributed by atoms with Crippen LogP contribution in [0.5, 0.6) is 0 Å². The summed E-state index contributed by atoms with van der Waals surface area (Å²) in [4.78, 5) is 20.6. The second kappa shape index (κ2) is 7.12. The summed E-state index contributed by atoms with van der Waals surface area (Å²) in [5.74, 6) is -0.316. The Bertz CT molecular complexity index is 925. The first-order chi connectivity index (χ1) is 12.4. The van der Waals surface area contributed by atoms with Crippen molar-refractivity contribution in [2.24, 2.45) is 0 Å². The second-order valence-electron chi connectivity index (χ2n) is 6.95. The summed E-state index contributed by atoms with van der Waals surface area (Å²) in [5, 5.41) is 9.07. The summed E-state index contributed by atoms with van der Waals surface area (Å²) >= 11 is 0. The minimum absolute atomic E-state index is 0.269. The van der Waals surface area contributed by atoms with Gasteiger partial charge in [0.2, 0.25) is 0 Å². The van der Waals surface area contributed by atoms with Crippen molar-refractivity contribution in [3.05, 3.63) is 65.7 Å². The van der Waals surface area contributed by atoms with Crippen molar-refractivity contribution in [2.75, 3.05) is 0 Å². The number of aromatic carboxylic acids is 1. The molecule has 5 nitrogen and oxygen atoms in total. The van der Waals surface area contributed by atoms with Crippen LogP contribution in [0.15, 0.2) is 48.8 Å². The Morgan fingerprint density at radius 1 is 1.00 bits per heavy atom. The van der Waals surface area contributed by atoms with Crippen LogP contribution in [-0.2, 0) is 0 Å². The third-order valence-corrected chi connectivity index (χ3v) is 4.33. The molecule has 134 valence electrons. The van der Waals surface area contributed by atoms with E-state index in [4.69, 9.17) is 10.1 Å². The van der Waals surface area contributed by atoms with Gasteiger partial charge in [0.25, 0.3) is 0 Å². The Labute approximate surface area is 153 Å². The number of benzene rings is 1. The lowest BCUT2D eigenvalue weighted by atomic mass is 10.0. The van der Waals surface area contributed by atoms with E-state index in [-0.39, 0.29) is 11.5 Å². The highest BCUT2D eigenvalue weighted by Crippen LogP contribution is 2.27. The highest BCUT2D eigenvalue weighted by atomic mass is 16.4. The molecule has 3 rings (SSSR count). The van der Waals surface area contributed by atoms with Crippen LogP contribution in [0.2, 0.25) is 0 Å². The lowest BCUT2D eigenvalue weighted by Gasteiger charge is -2.16. The van der Waals surface area contributed by atoms with Gasteiger partial charge in [0.1, 0.15) is 5.69 Å². The predicted molar refractivity (Wildman–Crippen MR) is 102 cm³/mol. The molecule has 0 saturated heterocycles. The van der Waals surface area contributed by atoms with Crippen molar-refractivity contribution in [3.8, 4) is 17.1 Å². The normalized spacial score (nSPS) is 11.3. The molecular weight excluding hydrogens is 326 g/mol. The van der Waals surface area contributed by atoms with Crippen LogP contribution in [0.1, 0.15) is 61.3 Å². The topological polar surface area (TPSA) is 68.0 Å². The predicted octanol–water partition coefficient (Wildman–Crippen LogP) is 4.88. The molecule has 0 aliphatic rings. The largest absolute Gasteiger partial charge is 0.478 e. The Morgan fingerprint density at radius 3 is 2.23 bits per heavy atom. The quantitative estimate of drug-likeness (QED) is 0.713. The number of aromatic nitrogens is 3. The number of carbonyl (C=O) groups is 1. The van der Waals surface area contributed by atoms with E-state index in [0.29, 0.717) is 5.92 Å². The average molecular weight is 349 g/mol. The summed E-state index contributed by atoms with van der Waals surface area (Å²) in [5.41, 5.74) is 4.95. The summed E-state index contributed by atoms with van der Waals surface area (Å²) in [6.45, 7) is 8.51. The van der Waals surface area contributed by atoms with Gasteiger partial charge < -0.3 is 9.67 Å². The molecule has 0 aliphatic carbocycles. The van der Waals surface area contributed by atoms with Crippen LogP contribution in [0, 0.1) is 0 Å². The van der Waals surface area contributed by atoms with Crippen LogP contribution in [-0.4, -0.2) is 25.6 Å². The number of hydrogen-bond donors (Lipinski definition) is 1. The molecule has 1 aromatic carbocycles. The highest BCUT2D eigenvalue weighted by Gasteiger charge is 2.16. The number of carboxylic acid groups (broad SMARTS) is 1. The van der Waals surface area contributed by atoms with Gasteiger partial charge in [0.05, 0.1) is 28.8 Å². The summed E-state index contributed by atoms with van der Waals surface area (Å²) in [6, 6.07) is 10.8. The van der Waals surface area contributed by atoms with E-state index in [1.165, 1.54) is 0 Å². The first-order valence-corrected chi connectivity index (χ1v) is 8.76. The van der Waals surface area contributed by atoms with E-state index in [1.54, 1.807) is 24.3 Å². The molecule has 0 fully saturated rings. The van der Waals surface area contributed by atoms with E-state index in [2.05, 4.69) is 32.7 Å². The number of hydrogen-bond acceptors (Lipinski definition) is 3. The molecule has 0 unspecified atom stereocenters. The Kier molecular flexibility index (Phi) is 4.89. The fraction of sp³-hybridized carbons (Fsp3) is 0.286. The molecule has 0 bridgehead atoms. The van der Waals surface area contributed by atoms with Crippen molar-refractivity contribution in [3.63, 3.8) is 0 Å². The molecule has 0 aliphatic heterocycles. The molecule has 2 heterocycles. The van der Waals surface area contributed by atoms with Crippen LogP contribution < -0.4 is 0 Å². The van der Waals surface area contributed by atoms with Crippen LogP contribution >= 0.6 is 0 Å². The molecule has 0 atom stereocenters. The summed E-state index contributed by atoms with van der Waals surface area (Å²) in [7, 11) is 0. The van der Waals surface area contributed by atoms with Crippen LogP contribution in [0.25, 0.3) is 17.1 Å². The van der Waals surface area contributed by atoms with Gasteiger partial charge in [-0.3, -0.25) is 4.98 Å². The summed E-state index contributed by atoms with van der Waals surface area (Å²) in [6.07, 6.45) is 3.76. The molecular formula is C21H23N3O2. The van der Waals surface area contributed by atoms with E-state index >= 15 is 0 Å². The Morgan fingerprint density at radius 2 is 1.65 bits per heavy atom. The zero-order valence-corrected chi connectivity index (χ0v) is 15.5. The number of nitrogens with zero attached hydrogens (tertiary/aromatic N) is 3. The van der Waals surface area contributed by atoms with Gasteiger partial charge in [-0.2, -0.15) is 0 Å². The zero-order valence-electron chi connectivity index (χ0n) is 15.5. The molecule has 2 aromatic heterocycles. The van der Waals surface area contributed by atoms with Gasteiger partial charge in [-0.05, 0) is 48.2 Å². The van der Waals surface area contributed by atoms with Crippen molar-refractivity contribution in [2.45, 2.75) is 39.5 Å². The highest BCUT2D eigenvalue weighted by molar-refractivity contribution is 5.87. The molecule has 0 saturated carbocycles. The van der Waals surface area contributed by atoms with Crippen molar-refractivity contribution in [1.82, 2.24) is 14.5 Å². The standard InChI is InChI=1S/C21H23N3O2/c1-13(2)19-20(14(3)4)23-17(12-22-19)18-6-5-11-24(18)16-9-7-15(8-10-16)21(25)26/h5-14H,1-4H3,(H,25,26). The van der Waals surface area contributed by atoms with Gasteiger partial charge in [0.15, 0.2) is 0 Å². The molecule has 26 heavy (non-hydrogen) atoms. The molecule has 0 spiro atoms. The van der Waals surface area contributed by atoms with Gasteiger partial charge in [-0.1, -0.05) is 27.7 Å². The maximum atomic E-state index is 11.1. The lowest BCUT2D eigenvalue weighted by molar-refractivity contribution is 0.0697. The minimum Gasteiger partial charge on any atom is -0.478 e. The van der Waals surface area contributed by atoms with Gasteiger partial charge >= 0.3 is 5.97 Å². The fourth-order valence-corrected chi connectivity index (χ4v) is 2.99. The van der Waals surface area contributed by atoms with E-state index in [9.17, 15) is 4.79 Å². The molecule has 0 amide bonds. The fourth-order valence-electron chi connectivity index (χ4n) is 2.99. The third-order valence-electron chi connectivity index (χ3n) is 4.33. The maximum absolute atomic E-state index is 11.1. The average Bonchev–Trinajstić information content (AvgIpc) is 3.10. The maximum Gasteiger partial charge on any atom is 0.335 e. The van der Waals surface area contributed by atoms with E-state index < -0.39 is 5.97 Å². The van der Waals surface area contributed by atoms with Crippen LogP contribution in [0.4, 0.5) is 0 Å². The van der Waals surface area contributed by atoms with Crippen molar-refractivity contribution < 1.29 is 9.90 Å². The number of rotatable bonds is 5. The molecule has 0 radical (unpaired) electrons. The van der Waals surface area contributed by atoms with Crippen molar-refractivity contribution in [1.29, 1.82) is 0 Å². The van der Waals surface area contributed by atoms with E-state index in [1.807, 2.05) is 29.1 Å². The zero-order chi connectivity index (χ0) is 18.8. The minimum atomic E-state index is -0.930. The third kappa shape index (κ3) is 3.38. The summed E-state index contributed by atoms with van der Waals surface area (Å²) < 4.78 is 1.99. The van der Waals surface area contributed by atoms with Gasteiger partial charge in [-0.25, -0.2) is 9.78 Å². The van der Waals surface area contributed by atoms with Gasteiger partial charge in [-0.15, -0.1) is 0 Å². The molecule has 5 heteroatoms. The first-order valence-electron chi connectivity index (χ1n) is 8.76. The Hall–Kier alpha value is -2.95. The SMILES string of the molecule is CC(C)c1ncc(-c2cccn2-c2ccc(C(=O)O)cc2)nc1C(C)C. The molecule has 1 N–H and O–H groups in total. The number of carboxylic acids is 1.